The van der Waals surface area contributed by atoms with Gasteiger partial charge in [0.15, 0.2) is 0 Å². The molecule has 1 rings (SSSR count). The summed E-state index contributed by atoms with van der Waals surface area (Å²) in [6.45, 7) is 1.81. The van der Waals surface area contributed by atoms with E-state index >= 15 is 0 Å². The molecule has 0 aromatic heterocycles. The van der Waals surface area contributed by atoms with E-state index in [0.717, 1.165) is 5.69 Å². The number of carbonyl (C=O) groups is 2. The number of carboxylic acid groups (broad SMARTS) is 1. The molecule has 0 fully saturated rings. The van der Waals surface area contributed by atoms with E-state index < -0.39 is 17.9 Å². The molecule has 1 aromatic carbocycles. The van der Waals surface area contributed by atoms with E-state index in [1.54, 1.807) is 24.3 Å². The molecular formula is C13H14N2O3. The van der Waals surface area contributed by atoms with Gasteiger partial charge >= 0.3 is 5.97 Å². The second-order valence-electron chi connectivity index (χ2n) is 3.67. The number of benzene rings is 1. The minimum atomic E-state index is -1.07. The fraction of sp³-hybridized carbons (Fsp3) is 0.231. The molecule has 0 heterocycles. The highest BCUT2D eigenvalue weighted by molar-refractivity contribution is 5.96. The molecule has 1 atom stereocenters. The average Bonchev–Trinajstić information content (AvgIpc) is 2.36. The van der Waals surface area contributed by atoms with Crippen molar-refractivity contribution in [3.63, 3.8) is 0 Å². The van der Waals surface area contributed by atoms with Gasteiger partial charge in [-0.1, -0.05) is 5.92 Å². The zero-order chi connectivity index (χ0) is 13.5. The van der Waals surface area contributed by atoms with Gasteiger partial charge in [0, 0.05) is 11.3 Å². The summed E-state index contributed by atoms with van der Waals surface area (Å²) in [6.07, 6.45) is 5.11. The zero-order valence-electron chi connectivity index (χ0n) is 9.93. The second-order valence-corrected chi connectivity index (χ2v) is 3.67. The minimum Gasteiger partial charge on any atom is -0.480 e. The lowest BCUT2D eigenvalue weighted by molar-refractivity contribution is -0.138. The first-order chi connectivity index (χ1) is 8.54. The van der Waals surface area contributed by atoms with Gasteiger partial charge in [0.1, 0.15) is 6.04 Å². The lowest BCUT2D eigenvalue weighted by Gasteiger charge is -2.09. The average molecular weight is 246 g/mol. The molecular weight excluding hydrogens is 232 g/mol. The van der Waals surface area contributed by atoms with Crippen molar-refractivity contribution in [2.45, 2.75) is 13.0 Å². The third-order valence-electron chi connectivity index (χ3n) is 2.26. The smallest absolute Gasteiger partial charge is 0.325 e. The summed E-state index contributed by atoms with van der Waals surface area (Å²) in [7, 11) is 0. The van der Waals surface area contributed by atoms with Crippen LogP contribution >= 0.6 is 0 Å². The van der Waals surface area contributed by atoms with E-state index in [1.165, 1.54) is 6.92 Å². The molecule has 0 bridgehead atoms. The van der Waals surface area contributed by atoms with Crippen molar-refractivity contribution in [3.8, 4) is 12.3 Å². The van der Waals surface area contributed by atoms with Crippen LogP contribution in [0.25, 0.3) is 0 Å². The maximum Gasteiger partial charge on any atom is 0.325 e. The van der Waals surface area contributed by atoms with Gasteiger partial charge in [0.25, 0.3) is 5.91 Å². The monoisotopic (exact) mass is 246 g/mol. The Kier molecular flexibility index (Phi) is 4.76. The number of rotatable bonds is 5. The number of hydrogen-bond acceptors (Lipinski definition) is 3. The van der Waals surface area contributed by atoms with Crippen molar-refractivity contribution < 1.29 is 14.7 Å². The Hall–Kier alpha value is -2.48. The van der Waals surface area contributed by atoms with E-state index in [-0.39, 0.29) is 0 Å². The maximum absolute atomic E-state index is 11.7. The summed E-state index contributed by atoms with van der Waals surface area (Å²) in [5, 5.41) is 14.0. The van der Waals surface area contributed by atoms with Crippen molar-refractivity contribution in [1.82, 2.24) is 5.32 Å². The van der Waals surface area contributed by atoms with Gasteiger partial charge < -0.3 is 15.7 Å². The van der Waals surface area contributed by atoms with Crippen LogP contribution in [-0.4, -0.2) is 29.6 Å². The molecule has 0 aliphatic heterocycles. The predicted octanol–water partition coefficient (Wildman–Crippen LogP) is 0.935. The fourth-order valence-corrected chi connectivity index (χ4v) is 1.23. The number of carbonyl (C=O) groups excluding carboxylic acids is 1. The highest BCUT2D eigenvalue weighted by Crippen LogP contribution is 2.09. The van der Waals surface area contributed by atoms with Crippen LogP contribution in [0, 0.1) is 12.3 Å². The van der Waals surface area contributed by atoms with Crippen LogP contribution < -0.4 is 10.6 Å². The molecule has 0 spiro atoms. The SMILES string of the molecule is C#CCNc1ccc(C(=O)NC(C)C(=O)O)cc1. The number of hydrogen-bond donors (Lipinski definition) is 3. The highest BCUT2D eigenvalue weighted by atomic mass is 16.4. The summed E-state index contributed by atoms with van der Waals surface area (Å²) in [6, 6.07) is 5.69. The quantitative estimate of drug-likeness (QED) is 0.675. The summed E-state index contributed by atoms with van der Waals surface area (Å²) >= 11 is 0. The van der Waals surface area contributed by atoms with Crippen molar-refractivity contribution in [3.05, 3.63) is 29.8 Å². The van der Waals surface area contributed by atoms with E-state index in [1.807, 2.05) is 0 Å². The zero-order valence-corrected chi connectivity index (χ0v) is 9.93. The standard InChI is InChI=1S/C13H14N2O3/c1-3-8-14-11-6-4-10(5-7-11)12(16)15-9(2)13(17)18/h1,4-7,9,14H,8H2,2H3,(H,15,16)(H,17,18). The van der Waals surface area contributed by atoms with Gasteiger partial charge in [0.2, 0.25) is 0 Å². The first-order valence-electron chi connectivity index (χ1n) is 5.35. The third-order valence-corrected chi connectivity index (χ3v) is 2.26. The normalized spacial score (nSPS) is 11.1. The van der Waals surface area contributed by atoms with E-state index in [9.17, 15) is 9.59 Å². The topological polar surface area (TPSA) is 78.4 Å². The molecule has 0 radical (unpaired) electrons. The molecule has 0 aliphatic carbocycles. The molecule has 18 heavy (non-hydrogen) atoms. The van der Waals surface area contributed by atoms with Crippen LogP contribution in [0.5, 0.6) is 0 Å². The number of amides is 1. The number of nitrogens with one attached hydrogen (secondary N) is 2. The number of anilines is 1. The molecule has 5 heteroatoms. The van der Waals surface area contributed by atoms with Crippen LogP contribution in [0.3, 0.4) is 0 Å². The Morgan fingerprint density at radius 3 is 2.50 bits per heavy atom. The first kappa shape index (κ1) is 13.6. The van der Waals surface area contributed by atoms with E-state index in [2.05, 4.69) is 16.6 Å². The Balaban J connectivity index is 2.65. The van der Waals surface area contributed by atoms with Crippen molar-refractivity contribution >= 4 is 17.6 Å². The van der Waals surface area contributed by atoms with Crippen molar-refractivity contribution in [2.75, 3.05) is 11.9 Å². The summed E-state index contributed by atoms with van der Waals surface area (Å²) < 4.78 is 0. The van der Waals surface area contributed by atoms with Gasteiger partial charge in [-0.05, 0) is 31.2 Å². The lowest BCUT2D eigenvalue weighted by Crippen LogP contribution is -2.38. The molecule has 1 amide bonds. The Labute approximate surface area is 105 Å². The molecule has 1 unspecified atom stereocenters. The van der Waals surface area contributed by atoms with Gasteiger partial charge in [-0.25, -0.2) is 0 Å². The van der Waals surface area contributed by atoms with Crippen molar-refractivity contribution in [2.24, 2.45) is 0 Å². The highest BCUT2D eigenvalue weighted by Gasteiger charge is 2.14. The molecule has 0 saturated heterocycles. The first-order valence-corrected chi connectivity index (χ1v) is 5.35. The van der Waals surface area contributed by atoms with Crippen molar-refractivity contribution in [1.29, 1.82) is 0 Å². The minimum absolute atomic E-state index is 0.398. The molecule has 94 valence electrons. The van der Waals surface area contributed by atoms with Gasteiger partial charge in [-0.2, -0.15) is 0 Å². The van der Waals surface area contributed by atoms with E-state index in [0.29, 0.717) is 12.1 Å². The van der Waals surface area contributed by atoms with E-state index in [4.69, 9.17) is 11.5 Å². The molecule has 0 saturated carbocycles. The second kappa shape index (κ2) is 6.30. The molecule has 0 aliphatic rings. The fourth-order valence-electron chi connectivity index (χ4n) is 1.23. The summed E-state index contributed by atoms with van der Waals surface area (Å²) in [4.78, 5) is 22.3. The number of carboxylic acids is 1. The van der Waals surface area contributed by atoms with Crippen LogP contribution in [-0.2, 0) is 4.79 Å². The van der Waals surface area contributed by atoms with Gasteiger partial charge in [0.05, 0.1) is 6.54 Å². The number of aliphatic carboxylic acids is 1. The van der Waals surface area contributed by atoms with Gasteiger partial charge in [-0.3, -0.25) is 9.59 Å². The predicted molar refractivity (Wildman–Crippen MR) is 68.3 cm³/mol. The molecule has 1 aromatic rings. The largest absolute Gasteiger partial charge is 0.480 e. The Morgan fingerprint density at radius 1 is 1.39 bits per heavy atom. The van der Waals surface area contributed by atoms with Crippen LogP contribution in [0.2, 0.25) is 0 Å². The van der Waals surface area contributed by atoms with Crippen LogP contribution in [0.15, 0.2) is 24.3 Å². The van der Waals surface area contributed by atoms with Crippen LogP contribution in [0.4, 0.5) is 5.69 Å². The Bertz CT molecular complexity index is 474. The lowest BCUT2D eigenvalue weighted by atomic mass is 10.2. The Morgan fingerprint density at radius 2 is 2.00 bits per heavy atom. The summed E-state index contributed by atoms with van der Waals surface area (Å²) in [5.74, 6) is 0.940. The summed E-state index contributed by atoms with van der Waals surface area (Å²) in [5.41, 5.74) is 1.20. The number of terminal acetylenes is 1. The van der Waals surface area contributed by atoms with Gasteiger partial charge in [-0.15, -0.1) is 6.42 Å². The third kappa shape index (κ3) is 3.83. The maximum atomic E-state index is 11.7. The molecule has 5 nitrogen and oxygen atoms in total. The molecule has 3 N–H and O–H groups in total. The van der Waals surface area contributed by atoms with Crippen LogP contribution in [0.1, 0.15) is 17.3 Å².